The zero-order valence-electron chi connectivity index (χ0n) is 12.0. The molecule has 23 heavy (non-hydrogen) atoms. The zero-order valence-corrected chi connectivity index (χ0v) is 12.0. The predicted octanol–water partition coefficient (Wildman–Crippen LogP) is 3.29. The van der Waals surface area contributed by atoms with Crippen LogP contribution in [0.1, 0.15) is 17.3 Å². The van der Waals surface area contributed by atoms with Crippen LogP contribution < -0.4 is 5.32 Å². The summed E-state index contributed by atoms with van der Waals surface area (Å²) < 4.78 is 45.1. The number of amides is 1. The molecule has 0 unspecified atom stereocenters. The van der Waals surface area contributed by atoms with Gasteiger partial charge in [0.25, 0.3) is 5.91 Å². The number of nitrogens with one attached hydrogen (secondary N) is 1. The number of benzene rings is 2. The van der Waals surface area contributed by atoms with Gasteiger partial charge in [-0.05, 0) is 31.2 Å². The maximum Gasteiger partial charge on any atom is 0.344 e. The summed E-state index contributed by atoms with van der Waals surface area (Å²) in [5, 5.41) is 2.22. The monoisotopic (exact) mass is 323 g/mol. The van der Waals surface area contributed by atoms with E-state index < -0.39 is 41.0 Å². The Morgan fingerprint density at radius 2 is 1.52 bits per heavy atom. The first kappa shape index (κ1) is 16.5. The van der Waals surface area contributed by atoms with Crippen molar-refractivity contribution in [2.24, 2.45) is 0 Å². The van der Waals surface area contributed by atoms with E-state index in [1.54, 1.807) is 0 Å². The molecule has 0 radical (unpaired) electrons. The van der Waals surface area contributed by atoms with Gasteiger partial charge in [-0.2, -0.15) is 0 Å². The van der Waals surface area contributed by atoms with Crippen LogP contribution in [0.4, 0.5) is 18.9 Å². The highest BCUT2D eigenvalue weighted by atomic mass is 19.1. The van der Waals surface area contributed by atoms with Crippen molar-refractivity contribution < 1.29 is 27.5 Å². The third kappa shape index (κ3) is 3.88. The zero-order chi connectivity index (χ0) is 17.0. The van der Waals surface area contributed by atoms with Gasteiger partial charge in [-0.15, -0.1) is 0 Å². The Kier molecular flexibility index (Phi) is 5.00. The van der Waals surface area contributed by atoms with Crippen molar-refractivity contribution in [2.75, 3.05) is 5.32 Å². The summed E-state index contributed by atoms with van der Waals surface area (Å²) in [6.07, 6.45) is -1.37. The lowest BCUT2D eigenvalue weighted by atomic mass is 10.2. The molecule has 2 rings (SSSR count). The number of hydrogen-bond acceptors (Lipinski definition) is 3. The highest BCUT2D eigenvalue weighted by Crippen LogP contribution is 2.16. The number of halogens is 3. The molecule has 120 valence electrons. The van der Waals surface area contributed by atoms with Crippen molar-refractivity contribution in [1.29, 1.82) is 0 Å². The molecule has 4 nitrogen and oxygen atoms in total. The number of esters is 1. The highest BCUT2D eigenvalue weighted by Gasteiger charge is 2.24. The molecule has 1 amide bonds. The molecule has 0 aliphatic carbocycles. The molecule has 2 aromatic carbocycles. The van der Waals surface area contributed by atoms with E-state index in [9.17, 15) is 22.8 Å². The van der Waals surface area contributed by atoms with E-state index >= 15 is 0 Å². The van der Waals surface area contributed by atoms with Crippen molar-refractivity contribution in [2.45, 2.75) is 13.0 Å². The van der Waals surface area contributed by atoms with Crippen molar-refractivity contribution in [1.82, 2.24) is 0 Å². The van der Waals surface area contributed by atoms with Crippen LogP contribution in [-0.4, -0.2) is 18.0 Å². The second-order valence-corrected chi connectivity index (χ2v) is 4.61. The summed E-state index contributed by atoms with van der Waals surface area (Å²) in [6, 6.07) is 8.28. The molecule has 0 heterocycles. The van der Waals surface area contributed by atoms with Crippen molar-refractivity contribution in [3.8, 4) is 0 Å². The predicted molar refractivity (Wildman–Crippen MR) is 76.3 cm³/mol. The van der Waals surface area contributed by atoms with E-state index in [1.165, 1.54) is 25.1 Å². The Morgan fingerprint density at radius 3 is 2.13 bits per heavy atom. The molecule has 7 heteroatoms. The number of carbonyl (C=O) groups excluding carboxylic acids is 2. The van der Waals surface area contributed by atoms with E-state index in [-0.39, 0.29) is 5.69 Å². The van der Waals surface area contributed by atoms with Gasteiger partial charge in [-0.25, -0.2) is 18.0 Å². The topological polar surface area (TPSA) is 55.4 Å². The van der Waals surface area contributed by atoms with E-state index in [0.29, 0.717) is 0 Å². The number of rotatable bonds is 4. The fourth-order valence-electron chi connectivity index (χ4n) is 1.76. The maximum absolute atomic E-state index is 13.5. The molecule has 0 aliphatic heterocycles. The maximum atomic E-state index is 13.5. The van der Waals surface area contributed by atoms with Crippen LogP contribution in [0.5, 0.6) is 0 Å². The Morgan fingerprint density at radius 1 is 0.957 bits per heavy atom. The fourth-order valence-corrected chi connectivity index (χ4v) is 1.76. The normalized spacial score (nSPS) is 11.7. The third-order valence-electron chi connectivity index (χ3n) is 2.95. The summed E-state index contributed by atoms with van der Waals surface area (Å²) in [7, 11) is 0. The van der Waals surface area contributed by atoms with Gasteiger partial charge in [0, 0.05) is 0 Å². The van der Waals surface area contributed by atoms with Crippen molar-refractivity contribution in [3.63, 3.8) is 0 Å². The summed E-state index contributed by atoms with van der Waals surface area (Å²) in [5.74, 6) is -5.02. The summed E-state index contributed by atoms with van der Waals surface area (Å²) in [5.41, 5.74) is -0.990. The van der Waals surface area contributed by atoms with Crippen LogP contribution in [0.25, 0.3) is 0 Å². The average Bonchev–Trinajstić information content (AvgIpc) is 2.49. The molecule has 1 atom stereocenters. The lowest BCUT2D eigenvalue weighted by molar-refractivity contribution is -0.123. The second kappa shape index (κ2) is 6.95. The molecular formula is C16H12F3NO3. The Bertz CT molecular complexity index is 729. The SMILES string of the molecule is C[C@@H](OC(=O)c1c(F)cccc1F)C(=O)Nc1ccccc1F. The largest absolute Gasteiger partial charge is 0.449 e. The minimum absolute atomic E-state index is 0.0996. The Hall–Kier alpha value is -2.83. The van der Waals surface area contributed by atoms with Gasteiger partial charge in [0.05, 0.1) is 5.69 Å². The minimum Gasteiger partial charge on any atom is -0.449 e. The molecule has 2 aromatic rings. The van der Waals surface area contributed by atoms with Gasteiger partial charge < -0.3 is 10.1 Å². The Labute approximate surface area is 129 Å². The molecule has 0 saturated heterocycles. The van der Waals surface area contributed by atoms with Gasteiger partial charge in [-0.1, -0.05) is 18.2 Å². The van der Waals surface area contributed by atoms with E-state index in [2.05, 4.69) is 5.32 Å². The second-order valence-electron chi connectivity index (χ2n) is 4.61. The molecule has 0 bridgehead atoms. The molecule has 0 saturated carbocycles. The first-order valence-electron chi connectivity index (χ1n) is 6.60. The number of para-hydroxylation sites is 1. The fraction of sp³-hybridized carbons (Fsp3) is 0.125. The van der Waals surface area contributed by atoms with Crippen molar-refractivity contribution in [3.05, 3.63) is 65.5 Å². The van der Waals surface area contributed by atoms with Crippen molar-refractivity contribution >= 4 is 17.6 Å². The molecule has 0 aliphatic rings. The highest BCUT2D eigenvalue weighted by molar-refractivity contribution is 5.97. The number of carbonyl (C=O) groups is 2. The van der Waals surface area contributed by atoms with Gasteiger partial charge in [0.1, 0.15) is 23.0 Å². The van der Waals surface area contributed by atoms with Crippen LogP contribution in [0.3, 0.4) is 0 Å². The van der Waals surface area contributed by atoms with Gasteiger partial charge in [0.2, 0.25) is 0 Å². The number of anilines is 1. The average molecular weight is 323 g/mol. The first-order chi connectivity index (χ1) is 10.9. The number of ether oxygens (including phenoxy) is 1. The summed E-state index contributed by atoms with van der Waals surface area (Å²) in [4.78, 5) is 23.6. The van der Waals surface area contributed by atoms with Crippen LogP contribution in [0.15, 0.2) is 42.5 Å². The summed E-state index contributed by atoms with van der Waals surface area (Å²) >= 11 is 0. The quantitative estimate of drug-likeness (QED) is 0.879. The standard InChI is InChI=1S/C16H12F3NO3/c1-9(15(21)20-13-8-3-2-5-10(13)17)23-16(22)14-11(18)6-4-7-12(14)19/h2-9H,1H3,(H,20,21)/t9-/m1/s1. The lowest BCUT2D eigenvalue weighted by Gasteiger charge is -2.14. The molecule has 1 N–H and O–H groups in total. The lowest BCUT2D eigenvalue weighted by Crippen LogP contribution is -2.30. The van der Waals surface area contributed by atoms with E-state index in [0.717, 1.165) is 24.3 Å². The molecular weight excluding hydrogens is 311 g/mol. The smallest absolute Gasteiger partial charge is 0.344 e. The Balaban J connectivity index is 2.06. The van der Waals surface area contributed by atoms with Gasteiger partial charge in [0.15, 0.2) is 6.10 Å². The van der Waals surface area contributed by atoms with Crippen LogP contribution in [-0.2, 0) is 9.53 Å². The molecule has 0 spiro atoms. The first-order valence-corrected chi connectivity index (χ1v) is 6.60. The summed E-state index contributed by atoms with van der Waals surface area (Å²) in [6.45, 7) is 1.20. The van der Waals surface area contributed by atoms with Crippen LogP contribution >= 0.6 is 0 Å². The third-order valence-corrected chi connectivity index (χ3v) is 2.95. The minimum atomic E-state index is -1.37. The molecule has 0 fully saturated rings. The number of hydrogen-bond donors (Lipinski definition) is 1. The van der Waals surface area contributed by atoms with E-state index in [1.807, 2.05) is 0 Å². The van der Waals surface area contributed by atoms with Crippen LogP contribution in [0.2, 0.25) is 0 Å². The van der Waals surface area contributed by atoms with Crippen LogP contribution in [0, 0.1) is 17.5 Å². The van der Waals surface area contributed by atoms with E-state index in [4.69, 9.17) is 4.74 Å². The van der Waals surface area contributed by atoms with Gasteiger partial charge in [-0.3, -0.25) is 4.79 Å². The molecule has 0 aromatic heterocycles. The van der Waals surface area contributed by atoms with Gasteiger partial charge >= 0.3 is 5.97 Å².